The lowest BCUT2D eigenvalue weighted by Crippen LogP contribution is -2.47. The summed E-state index contributed by atoms with van der Waals surface area (Å²) in [6, 6.07) is 1.94. The molecule has 2 heterocycles. The van der Waals surface area contributed by atoms with E-state index in [0.29, 0.717) is 19.4 Å². The highest BCUT2D eigenvalue weighted by Crippen LogP contribution is 2.44. The molecule has 1 aromatic rings. The summed E-state index contributed by atoms with van der Waals surface area (Å²) in [5.74, 6) is -1.04. The Bertz CT molecular complexity index is 753. The van der Waals surface area contributed by atoms with Crippen LogP contribution < -0.4 is 15.4 Å². The van der Waals surface area contributed by atoms with Gasteiger partial charge in [-0.25, -0.2) is 14.0 Å². The summed E-state index contributed by atoms with van der Waals surface area (Å²) in [6.45, 7) is 6.61. The molecular weight excluding hydrogens is 355 g/mol. The lowest BCUT2D eigenvalue weighted by atomic mass is 9.85. The maximum absolute atomic E-state index is 14.8. The quantitative estimate of drug-likeness (QED) is 0.768. The van der Waals surface area contributed by atoms with Crippen molar-refractivity contribution in [2.45, 2.75) is 50.9 Å². The number of nitrogens with one attached hydrogen (secondary N) is 2. The van der Waals surface area contributed by atoms with Crippen LogP contribution in [0.4, 0.5) is 9.18 Å². The number of rotatable bonds is 2. The fraction of sp³-hybridized carbons (Fsp3) is 0.579. The smallest absolute Gasteiger partial charge is 0.408 e. The Morgan fingerprint density at radius 3 is 2.70 bits per heavy atom. The molecule has 1 spiro atoms. The Balaban J connectivity index is 1.96. The molecule has 0 aromatic heterocycles. The van der Waals surface area contributed by atoms with Gasteiger partial charge in [-0.05, 0) is 39.4 Å². The number of halogens is 1. The van der Waals surface area contributed by atoms with Gasteiger partial charge in [-0.1, -0.05) is 0 Å². The van der Waals surface area contributed by atoms with Crippen molar-refractivity contribution in [3.05, 3.63) is 29.1 Å². The van der Waals surface area contributed by atoms with Crippen LogP contribution >= 0.6 is 0 Å². The topological polar surface area (TPSA) is 85.9 Å². The third-order valence-corrected chi connectivity index (χ3v) is 4.66. The van der Waals surface area contributed by atoms with Gasteiger partial charge in [0.2, 0.25) is 0 Å². The fourth-order valence-electron chi connectivity index (χ4n) is 3.56. The predicted octanol–water partition coefficient (Wildman–Crippen LogP) is 2.69. The Morgan fingerprint density at radius 1 is 1.37 bits per heavy atom. The molecule has 0 radical (unpaired) electrons. The maximum atomic E-state index is 14.8. The van der Waals surface area contributed by atoms with Crippen molar-refractivity contribution in [1.29, 1.82) is 0 Å². The molecule has 2 aliphatic heterocycles. The van der Waals surface area contributed by atoms with Crippen molar-refractivity contribution in [3.63, 3.8) is 0 Å². The van der Waals surface area contributed by atoms with Crippen LogP contribution in [0.3, 0.4) is 0 Å². The molecule has 27 heavy (non-hydrogen) atoms. The zero-order chi connectivity index (χ0) is 19.8. The SMILES string of the molecule is COC(=O)c1cc(F)c2c(c1)OC1(CCNC1)CC2NC(=O)OC(C)(C)C. The molecule has 0 saturated carbocycles. The molecule has 1 aromatic carbocycles. The normalized spacial score (nSPS) is 24.1. The molecule has 0 bridgehead atoms. The standard InChI is InChI=1S/C19H25FN2O5/c1-18(2,3)27-17(24)22-13-9-19(5-6-21-10-19)26-14-8-11(16(23)25-4)7-12(20)15(13)14/h7-8,13,21H,5-6,9-10H2,1-4H3,(H,22,24). The third kappa shape index (κ3) is 4.16. The molecule has 7 nitrogen and oxygen atoms in total. The van der Waals surface area contributed by atoms with Crippen molar-refractivity contribution in [2.75, 3.05) is 20.2 Å². The Kier molecular flexibility index (Phi) is 5.03. The Morgan fingerprint density at radius 2 is 2.11 bits per heavy atom. The number of fused-ring (bicyclic) bond motifs is 1. The van der Waals surface area contributed by atoms with E-state index in [0.717, 1.165) is 12.6 Å². The number of esters is 1. The largest absolute Gasteiger partial charge is 0.485 e. The molecule has 148 valence electrons. The van der Waals surface area contributed by atoms with Crippen LogP contribution in [0.2, 0.25) is 0 Å². The summed E-state index contributed by atoms with van der Waals surface area (Å²) < 4.78 is 31.0. The minimum absolute atomic E-state index is 0.0628. The number of benzene rings is 1. The van der Waals surface area contributed by atoms with E-state index in [1.165, 1.54) is 13.2 Å². The summed E-state index contributed by atoms with van der Waals surface area (Å²) in [5.41, 5.74) is -0.968. The van der Waals surface area contributed by atoms with Gasteiger partial charge < -0.3 is 24.8 Å². The molecule has 0 aliphatic carbocycles. The highest BCUT2D eigenvalue weighted by atomic mass is 19.1. The van der Waals surface area contributed by atoms with E-state index in [1.54, 1.807) is 20.8 Å². The Labute approximate surface area is 157 Å². The second-order valence-electron chi connectivity index (χ2n) is 7.98. The van der Waals surface area contributed by atoms with Crippen molar-refractivity contribution >= 4 is 12.1 Å². The number of ether oxygens (including phenoxy) is 3. The van der Waals surface area contributed by atoms with Gasteiger partial charge in [-0.3, -0.25) is 0 Å². The van der Waals surface area contributed by atoms with E-state index < -0.39 is 35.1 Å². The van der Waals surface area contributed by atoms with E-state index >= 15 is 0 Å². The Hall–Kier alpha value is -2.35. The maximum Gasteiger partial charge on any atom is 0.408 e. The van der Waals surface area contributed by atoms with Gasteiger partial charge in [0, 0.05) is 19.4 Å². The summed E-state index contributed by atoms with van der Waals surface area (Å²) >= 11 is 0. The van der Waals surface area contributed by atoms with Crippen LogP contribution in [0.1, 0.15) is 55.6 Å². The molecule has 3 rings (SSSR count). The molecule has 2 N–H and O–H groups in total. The molecule has 1 amide bonds. The van der Waals surface area contributed by atoms with E-state index in [1.807, 2.05) is 0 Å². The number of amides is 1. The summed E-state index contributed by atoms with van der Waals surface area (Å²) in [5, 5.41) is 6.00. The van der Waals surface area contributed by atoms with Gasteiger partial charge in [-0.2, -0.15) is 0 Å². The number of methoxy groups -OCH3 is 1. The van der Waals surface area contributed by atoms with Gasteiger partial charge in [0.15, 0.2) is 0 Å². The van der Waals surface area contributed by atoms with Crippen LogP contribution in [-0.4, -0.2) is 43.5 Å². The number of carbonyl (C=O) groups is 2. The second kappa shape index (κ2) is 6.99. The van der Waals surface area contributed by atoms with Gasteiger partial charge in [0.1, 0.15) is 22.8 Å². The van der Waals surface area contributed by atoms with Crippen LogP contribution in [0.15, 0.2) is 12.1 Å². The molecule has 2 aliphatic rings. The molecule has 1 fully saturated rings. The average molecular weight is 380 g/mol. The van der Waals surface area contributed by atoms with Crippen LogP contribution in [-0.2, 0) is 9.47 Å². The minimum atomic E-state index is -0.669. The highest BCUT2D eigenvalue weighted by Gasteiger charge is 2.45. The number of hydrogen-bond acceptors (Lipinski definition) is 6. The summed E-state index contributed by atoms with van der Waals surface area (Å²) in [7, 11) is 1.23. The second-order valence-corrected chi connectivity index (χ2v) is 7.98. The lowest BCUT2D eigenvalue weighted by Gasteiger charge is -2.40. The van der Waals surface area contributed by atoms with Crippen molar-refractivity contribution < 1.29 is 28.2 Å². The first-order valence-electron chi connectivity index (χ1n) is 8.93. The van der Waals surface area contributed by atoms with Crippen LogP contribution in [0.5, 0.6) is 5.75 Å². The van der Waals surface area contributed by atoms with Crippen LogP contribution in [0, 0.1) is 5.82 Å². The molecule has 2 atom stereocenters. The molecular formula is C19H25FN2O5. The highest BCUT2D eigenvalue weighted by molar-refractivity contribution is 5.90. The third-order valence-electron chi connectivity index (χ3n) is 4.66. The van der Waals surface area contributed by atoms with Crippen molar-refractivity contribution in [2.24, 2.45) is 0 Å². The first-order chi connectivity index (χ1) is 12.6. The minimum Gasteiger partial charge on any atom is -0.485 e. The van der Waals surface area contributed by atoms with Crippen molar-refractivity contribution in [3.8, 4) is 5.75 Å². The predicted molar refractivity (Wildman–Crippen MR) is 95.3 cm³/mol. The monoisotopic (exact) mass is 380 g/mol. The lowest BCUT2D eigenvalue weighted by molar-refractivity contribution is 0.0308. The zero-order valence-electron chi connectivity index (χ0n) is 16.0. The summed E-state index contributed by atoms with van der Waals surface area (Å²) in [6.07, 6.45) is 0.488. The van der Waals surface area contributed by atoms with E-state index in [9.17, 15) is 14.0 Å². The number of carbonyl (C=O) groups excluding carboxylic acids is 2. The van der Waals surface area contributed by atoms with E-state index in [2.05, 4.69) is 15.4 Å². The van der Waals surface area contributed by atoms with Gasteiger partial charge in [0.25, 0.3) is 0 Å². The first-order valence-corrected chi connectivity index (χ1v) is 8.93. The fourth-order valence-corrected chi connectivity index (χ4v) is 3.56. The van der Waals surface area contributed by atoms with Crippen molar-refractivity contribution in [1.82, 2.24) is 10.6 Å². The summed E-state index contributed by atoms with van der Waals surface area (Å²) in [4.78, 5) is 24.1. The van der Waals surface area contributed by atoms with Crippen LogP contribution in [0.25, 0.3) is 0 Å². The van der Waals surface area contributed by atoms with Gasteiger partial charge >= 0.3 is 12.1 Å². The molecule has 2 unspecified atom stereocenters. The average Bonchev–Trinajstić information content (AvgIpc) is 2.98. The number of hydrogen-bond donors (Lipinski definition) is 2. The van der Waals surface area contributed by atoms with Gasteiger partial charge in [-0.15, -0.1) is 0 Å². The first kappa shape index (κ1) is 19.4. The van der Waals surface area contributed by atoms with Gasteiger partial charge in [0.05, 0.1) is 24.3 Å². The molecule has 8 heteroatoms. The zero-order valence-corrected chi connectivity index (χ0v) is 16.0. The van der Waals surface area contributed by atoms with E-state index in [4.69, 9.17) is 9.47 Å². The van der Waals surface area contributed by atoms with E-state index in [-0.39, 0.29) is 16.9 Å². The number of alkyl carbamates (subject to hydrolysis) is 1. The molecule has 1 saturated heterocycles.